The van der Waals surface area contributed by atoms with Gasteiger partial charge in [0.2, 0.25) is 0 Å². The largest absolute Gasteiger partial charge is 0.416 e. The summed E-state index contributed by atoms with van der Waals surface area (Å²) in [6, 6.07) is 9.92. The Labute approximate surface area is 364 Å². The van der Waals surface area contributed by atoms with Crippen LogP contribution < -0.4 is 15.9 Å². The zero-order valence-electron chi connectivity index (χ0n) is 34.2. The molecule has 4 saturated carbocycles. The fourth-order valence-electron chi connectivity index (χ4n) is 10.2. The maximum atomic E-state index is 14.2. The standard InChI is InChI=1S/C41H44F12P2.C5H10.Fe/c1-25(34-16-10-17-35(34)36-15-8-9-18-37(36)55(30-11-4-2-5-12-30)31-13-6-3-7-14-31)54(32-21-26(38(42,43)44)19-27(22-32)39(45,46)47)33-23-28(40(48,49)50)20-29(24-33)41(51,52)53;1-2-4-5-3-1;/h8-9,15,18-25,30-31,34-35H,2-7,10-14,16-17H2,1H3;1-5H2;. The van der Waals surface area contributed by atoms with E-state index in [0.717, 1.165) is 56.9 Å². The number of alkyl halides is 12. The van der Waals surface area contributed by atoms with Crippen molar-refractivity contribution in [1.82, 2.24) is 0 Å². The van der Waals surface area contributed by atoms with E-state index in [2.05, 4.69) is 6.07 Å². The van der Waals surface area contributed by atoms with E-state index in [1.807, 2.05) is 18.2 Å². The molecule has 0 aromatic heterocycles. The number of hydrogen-bond donors (Lipinski definition) is 0. The SMILES string of the molecule is C1CCCC1.CC(C1CCCC1c1ccccc1P(C1CCCCC1)C1CCCCC1)P(c1cc(C(F)(F)F)cc(C(F)(F)F)c1)c1cc(C(F)(F)F)cc(C(F)(F)F)c1.[Fe]. The Kier molecular flexibility index (Phi) is 17.3. The van der Waals surface area contributed by atoms with Gasteiger partial charge in [0.05, 0.1) is 22.3 Å². The van der Waals surface area contributed by atoms with Crippen LogP contribution >= 0.6 is 15.8 Å². The molecule has 4 fully saturated rings. The van der Waals surface area contributed by atoms with Crippen molar-refractivity contribution in [2.75, 3.05) is 0 Å². The summed E-state index contributed by atoms with van der Waals surface area (Å²) < 4.78 is 170. The van der Waals surface area contributed by atoms with Gasteiger partial charge in [-0.05, 0) is 133 Å². The van der Waals surface area contributed by atoms with E-state index < -0.39 is 85.0 Å². The Morgan fingerprint density at radius 2 is 0.820 bits per heavy atom. The van der Waals surface area contributed by atoms with Crippen molar-refractivity contribution in [3.63, 3.8) is 0 Å². The zero-order valence-corrected chi connectivity index (χ0v) is 37.1. The summed E-state index contributed by atoms with van der Waals surface area (Å²) in [5, 5.41) is 0.118. The van der Waals surface area contributed by atoms with E-state index in [0.29, 0.717) is 54.8 Å². The van der Waals surface area contributed by atoms with Gasteiger partial charge in [0, 0.05) is 17.1 Å². The average Bonchev–Trinajstić information content (AvgIpc) is 3.95. The summed E-state index contributed by atoms with van der Waals surface area (Å²) in [6.45, 7) is 1.59. The van der Waals surface area contributed by atoms with Crippen LogP contribution in [0.15, 0.2) is 60.7 Å². The predicted octanol–water partition coefficient (Wildman–Crippen LogP) is 15.9. The van der Waals surface area contributed by atoms with Gasteiger partial charge in [-0.3, -0.25) is 0 Å². The smallest absolute Gasteiger partial charge is 0.166 e. The van der Waals surface area contributed by atoms with Crippen molar-refractivity contribution in [2.24, 2.45) is 5.92 Å². The molecule has 0 aliphatic heterocycles. The van der Waals surface area contributed by atoms with Crippen molar-refractivity contribution < 1.29 is 69.8 Å². The molecule has 0 amide bonds. The van der Waals surface area contributed by atoms with E-state index in [1.54, 1.807) is 6.92 Å². The molecule has 7 rings (SSSR count). The molecule has 340 valence electrons. The van der Waals surface area contributed by atoms with Crippen LogP contribution in [0, 0.1) is 5.92 Å². The molecule has 0 spiro atoms. The summed E-state index contributed by atoms with van der Waals surface area (Å²) in [4.78, 5) is 0. The minimum atomic E-state index is -5.27. The molecule has 3 atom stereocenters. The molecule has 4 aliphatic carbocycles. The molecule has 15 heteroatoms. The van der Waals surface area contributed by atoms with Crippen molar-refractivity contribution in [2.45, 2.75) is 170 Å². The Hall–Kier alpha value is -1.80. The Bertz CT molecular complexity index is 1690. The molecule has 3 aromatic rings. The van der Waals surface area contributed by atoms with Crippen molar-refractivity contribution in [3.05, 3.63) is 88.5 Å². The number of hydrogen-bond acceptors (Lipinski definition) is 0. The van der Waals surface area contributed by atoms with E-state index in [1.165, 1.54) is 50.3 Å². The normalized spacial score (nSPS) is 21.6. The maximum absolute atomic E-state index is 14.2. The number of halogens is 12. The van der Waals surface area contributed by atoms with Crippen LogP contribution in [0.25, 0.3) is 0 Å². The fraction of sp³-hybridized carbons (Fsp3) is 0.609. The van der Waals surface area contributed by atoms with Gasteiger partial charge in [0.1, 0.15) is 0 Å². The van der Waals surface area contributed by atoms with Gasteiger partial charge in [0.25, 0.3) is 0 Å². The predicted molar refractivity (Wildman–Crippen MR) is 218 cm³/mol. The van der Waals surface area contributed by atoms with Crippen molar-refractivity contribution in [3.8, 4) is 0 Å². The molecule has 0 bridgehead atoms. The molecule has 0 N–H and O–H groups in total. The van der Waals surface area contributed by atoms with Gasteiger partial charge in [-0.1, -0.05) is 116 Å². The molecule has 0 heterocycles. The van der Waals surface area contributed by atoms with Crippen LogP contribution in [-0.4, -0.2) is 17.0 Å². The van der Waals surface area contributed by atoms with Gasteiger partial charge in [0.15, 0.2) is 0 Å². The topological polar surface area (TPSA) is 0 Å². The van der Waals surface area contributed by atoms with Crippen LogP contribution in [0.2, 0.25) is 0 Å². The summed E-state index contributed by atoms with van der Waals surface area (Å²) in [6.07, 6.45) is -0.463. The minimum Gasteiger partial charge on any atom is -0.166 e. The van der Waals surface area contributed by atoms with Crippen LogP contribution in [0.5, 0.6) is 0 Å². The fourth-order valence-corrected chi connectivity index (χ4v) is 17.4. The van der Waals surface area contributed by atoms with E-state index in [-0.39, 0.29) is 35.1 Å². The molecule has 0 radical (unpaired) electrons. The molecular formula is C46H54F12FeP2. The van der Waals surface area contributed by atoms with Crippen molar-refractivity contribution >= 4 is 31.8 Å². The van der Waals surface area contributed by atoms with E-state index >= 15 is 0 Å². The maximum Gasteiger partial charge on any atom is 0.416 e. The van der Waals surface area contributed by atoms with Gasteiger partial charge < -0.3 is 0 Å². The van der Waals surface area contributed by atoms with Crippen LogP contribution in [-0.2, 0) is 41.8 Å². The zero-order chi connectivity index (χ0) is 43.5. The van der Waals surface area contributed by atoms with Gasteiger partial charge >= 0.3 is 24.7 Å². The Balaban J connectivity index is 0.00000109. The minimum absolute atomic E-state index is 0. The first-order valence-electron chi connectivity index (χ1n) is 21.5. The number of benzene rings is 3. The third kappa shape index (κ3) is 12.7. The van der Waals surface area contributed by atoms with E-state index in [9.17, 15) is 52.7 Å². The monoisotopic (exact) mass is 952 g/mol. The van der Waals surface area contributed by atoms with Crippen LogP contribution in [0.3, 0.4) is 0 Å². The Morgan fingerprint density at radius 1 is 0.459 bits per heavy atom. The molecule has 3 aromatic carbocycles. The summed E-state index contributed by atoms with van der Waals surface area (Å²) in [5.41, 5.74) is -5.47. The van der Waals surface area contributed by atoms with Gasteiger partial charge in [-0.15, -0.1) is 0 Å². The van der Waals surface area contributed by atoms with Crippen LogP contribution in [0.1, 0.15) is 156 Å². The third-order valence-electron chi connectivity index (χ3n) is 13.1. The number of rotatable bonds is 8. The summed E-state index contributed by atoms with van der Waals surface area (Å²) in [5.74, 6) is -0.663. The average molecular weight is 953 g/mol. The van der Waals surface area contributed by atoms with E-state index in [4.69, 9.17) is 0 Å². The Morgan fingerprint density at radius 3 is 1.20 bits per heavy atom. The first kappa shape index (κ1) is 50.2. The van der Waals surface area contributed by atoms with Gasteiger partial charge in [-0.25, -0.2) is 0 Å². The molecule has 0 saturated heterocycles. The first-order valence-corrected chi connectivity index (χ1v) is 24.4. The molecular weight excluding hydrogens is 898 g/mol. The molecule has 4 aliphatic rings. The third-order valence-corrected chi connectivity index (χ3v) is 19.5. The molecule has 0 nitrogen and oxygen atoms in total. The summed E-state index contributed by atoms with van der Waals surface area (Å²) in [7, 11) is -3.27. The summed E-state index contributed by atoms with van der Waals surface area (Å²) >= 11 is 0. The van der Waals surface area contributed by atoms with Crippen LogP contribution in [0.4, 0.5) is 52.7 Å². The van der Waals surface area contributed by atoms with Crippen molar-refractivity contribution in [1.29, 1.82) is 0 Å². The first-order chi connectivity index (χ1) is 28.2. The molecule has 61 heavy (non-hydrogen) atoms. The second-order valence-electron chi connectivity index (χ2n) is 17.2. The molecule has 3 unspecified atom stereocenters. The van der Waals surface area contributed by atoms with Gasteiger partial charge in [-0.2, -0.15) is 52.7 Å². The quantitative estimate of drug-likeness (QED) is 0.120. The second-order valence-corrected chi connectivity index (χ2v) is 22.5. The second kappa shape index (κ2) is 21.0.